The number of ether oxygens (including phenoxy) is 4. The van der Waals surface area contributed by atoms with Crippen LogP contribution in [0.1, 0.15) is 36.7 Å². The molecule has 8 N–H and O–H groups in total. The summed E-state index contributed by atoms with van der Waals surface area (Å²) in [6.45, 7) is 3.61. The number of alkyl halides is 3. The van der Waals surface area contributed by atoms with E-state index >= 15 is 0 Å². The average molecular weight is 690 g/mol. The molecule has 2 aliphatic heterocycles. The van der Waals surface area contributed by atoms with Gasteiger partial charge in [0.15, 0.2) is 12.4 Å². The predicted molar refractivity (Wildman–Crippen MR) is 156 cm³/mol. The summed E-state index contributed by atoms with van der Waals surface area (Å²) in [5.41, 5.74) is -1.93. The summed E-state index contributed by atoms with van der Waals surface area (Å²) in [5.74, 6) is -2.49. The number of rotatable bonds is 9. The number of hydrogen-bond acceptors (Lipinski definition) is 12. The Balaban J connectivity index is 1.62. The highest BCUT2D eigenvalue weighted by Crippen LogP contribution is 2.41. The molecule has 0 spiro atoms. The number of carboxylic acid groups (broad SMARTS) is 1. The van der Waals surface area contributed by atoms with E-state index in [1.165, 1.54) is 30.3 Å². The van der Waals surface area contributed by atoms with Crippen molar-refractivity contribution in [2.45, 2.75) is 88.4 Å². The number of aliphatic hydroxyl groups is 6. The van der Waals surface area contributed by atoms with Gasteiger partial charge in [0.2, 0.25) is 12.2 Å². The van der Waals surface area contributed by atoms with Gasteiger partial charge in [-0.25, -0.2) is 4.79 Å². The smallest absolute Gasteiger partial charge is 0.419 e. The van der Waals surface area contributed by atoms with Gasteiger partial charge in [-0.15, -0.1) is 0 Å². The molecule has 4 unspecified atom stereocenters. The number of aliphatic hydroxyl groups excluding tert-OH is 6. The Morgan fingerprint density at radius 2 is 1.40 bits per heavy atom. The lowest BCUT2D eigenvalue weighted by molar-refractivity contribution is -0.355. The summed E-state index contributed by atoms with van der Waals surface area (Å²) in [5, 5.41) is 74.4. The molecule has 48 heavy (non-hydrogen) atoms. The maximum absolute atomic E-state index is 14.3. The van der Waals surface area contributed by atoms with Crippen LogP contribution in [0.2, 0.25) is 0 Å². The number of carboxylic acids is 1. The van der Waals surface area contributed by atoms with Gasteiger partial charge in [0, 0.05) is 12.0 Å². The minimum absolute atomic E-state index is 0.0449. The molecule has 0 aliphatic carbocycles. The molecule has 0 radical (unpaired) electrons. The summed E-state index contributed by atoms with van der Waals surface area (Å²) < 4.78 is 65.2. The largest absolute Gasteiger partial charge is 0.478 e. The van der Waals surface area contributed by atoms with Crippen molar-refractivity contribution in [3.05, 3.63) is 53.6 Å². The lowest BCUT2D eigenvalue weighted by Crippen LogP contribution is -2.65. The SMILES string of the molecule is CC(C)(C)C(=O)NCC1O[C@H](OC2[C@@H](Oc3ccc(-c4ccc(C(=O)O)cc4)cc3C(F)(F)F)OC(CO)[C@@H](O)[C@@H]2O)C(O)[C@@H](O)[C@@H]1O. The van der Waals surface area contributed by atoms with Gasteiger partial charge in [0.25, 0.3) is 0 Å². The van der Waals surface area contributed by atoms with E-state index in [0.29, 0.717) is 0 Å². The van der Waals surface area contributed by atoms with E-state index in [1.54, 1.807) is 20.8 Å². The van der Waals surface area contributed by atoms with Crippen molar-refractivity contribution >= 4 is 11.9 Å². The fraction of sp³-hybridized carbons (Fsp3) is 0.548. The summed E-state index contributed by atoms with van der Waals surface area (Å²) in [7, 11) is 0. The van der Waals surface area contributed by atoms with E-state index in [2.05, 4.69) is 5.32 Å². The van der Waals surface area contributed by atoms with Crippen molar-refractivity contribution in [2.75, 3.05) is 13.2 Å². The average Bonchev–Trinajstić information content (AvgIpc) is 3.02. The molecule has 17 heteroatoms. The van der Waals surface area contributed by atoms with Crippen LogP contribution in [0, 0.1) is 5.41 Å². The van der Waals surface area contributed by atoms with E-state index in [4.69, 9.17) is 24.1 Å². The third kappa shape index (κ3) is 8.24. The second kappa shape index (κ2) is 14.6. The first kappa shape index (κ1) is 37.4. The quantitative estimate of drug-likeness (QED) is 0.177. The summed E-state index contributed by atoms with van der Waals surface area (Å²) in [4.78, 5) is 23.5. The molecule has 0 saturated carbocycles. The Kier molecular flexibility index (Phi) is 11.4. The van der Waals surface area contributed by atoms with E-state index in [9.17, 15) is 53.4 Å². The second-order valence-electron chi connectivity index (χ2n) is 12.5. The highest BCUT2D eigenvalue weighted by Gasteiger charge is 2.52. The lowest BCUT2D eigenvalue weighted by atomic mass is 9.94. The molecular weight excluding hydrogens is 651 g/mol. The molecule has 1 amide bonds. The minimum Gasteiger partial charge on any atom is -0.478 e. The van der Waals surface area contributed by atoms with Gasteiger partial charge in [-0.2, -0.15) is 13.2 Å². The predicted octanol–water partition coefficient (Wildman–Crippen LogP) is 0.243. The number of amides is 1. The van der Waals surface area contributed by atoms with E-state index in [-0.39, 0.29) is 23.2 Å². The van der Waals surface area contributed by atoms with Crippen LogP contribution in [-0.2, 0) is 25.2 Å². The second-order valence-corrected chi connectivity index (χ2v) is 12.5. The highest BCUT2D eigenvalue weighted by molar-refractivity contribution is 5.88. The molecule has 266 valence electrons. The van der Waals surface area contributed by atoms with Crippen LogP contribution in [0.25, 0.3) is 11.1 Å². The number of aromatic carboxylic acids is 1. The van der Waals surface area contributed by atoms with Crippen molar-refractivity contribution in [1.82, 2.24) is 5.32 Å². The van der Waals surface area contributed by atoms with Gasteiger partial charge >= 0.3 is 12.1 Å². The van der Waals surface area contributed by atoms with Crippen molar-refractivity contribution in [3.63, 3.8) is 0 Å². The molecule has 2 saturated heterocycles. The third-order valence-corrected chi connectivity index (χ3v) is 7.92. The molecule has 14 nitrogen and oxygen atoms in total. The fourth-order valence-corrected chi connectivity index (χ4v) is 5.07. The highest BCUT2D eigenvalue weighted by atomic mass is 19.4. The first-order chi connectivity index (χ1) is 22.3. The van der Waals surface area contributed by atoms with Crippen molar-refractivity contribution < 1.29 is 77.5 Å². The minimum atomic E-state index is -5.01. The van der Waals surface area contributed by atoms with Gasteiger partial charge < -0.3 is 60.0 Å². The van der Waals surface area contributed by atoms with Crippen LogP contribution >= 0.6 is 0 Å². The maximum Gasteiger partial charge on any atom is 0.419 e. The molecule has 2 aromatic rings. The molecule has 2 aromatic carbocycles. The summed E-state index contributed by atoms with van der Waals surface area (Å²) in [6, 6.07) is 8.00. The lowest BCUT2D eigenvalue weighted by Gasteiger charge is -2.46. The van der Waals surface area contributed by atoms with Crippen molar-refractivity contribution in [1.29, 1.82) is 0 Å². The zero-order valence-corrected chi connectivity index (χ0v) is 25.9. The van der Waals surface area contributed by atoms with Gasteiger partial charge in [0.05, 0.1) is 17.7 Å². The summed E-state index contributed by atoms with van der Waals surface area (Å²) in [6.07, 6.45) is -23.3. The van der Waals surface area contributed by atoms with Crippen LogP contribution in [-0.4, -0.2) is 122 Å². The zero-order chi connectivity index (χ0) is 35.7. The molecule has 10 atom stereocenters. The van der Waals surface area contributed by atoms with Crippen molar-refractivity contribution in [3.8, 4) is 16.9 Å². The first-order valence-electron chi connectivity index (χ1n) is 14.8. The molecular formula is C31H38F3NO13. The number of hydrogen-bond donors (Lipinski definition) is 8. The topological polar surface area (TPSA) is 225 Å². The van der Waals surface area contributed by atoms with Crippen molar-refractivity contribution in [2.24, 2.45) is 5.41 Å². The van der Waals surface area contributed by atoms with Crippen LogP contribution in [0.15, 0.2) is 42.5 Å². The number of benzene rings is 2. The number of carbonyl (C=O) groups is 2. The van der Waals surface area contributed by atoms with Crippen LogP contribution in [0.3, 0.4) is 0 Å². The zero-order valence-electron chi connectivity index (χ0n) is 25.9. The number of carbonyl (C=O) groups excluding carboxylic acids is 1. The molecule has 2 aliphatic rings. The molecule has 0 bridgehead atoms. The standard InChI is InChI=1S/C31H38F3NO13/c1-30(2,3)29(44)35-11-18-20(37)22(39)24(41)27(46-18)48-25-23(40)21(38)19(12-36)47-28(25)45-17-9-8-15(10-16(17)31(32,33)34)13-4-6-14(7-5-13)26(42)43/h4-10,18-25,27-28,36-41H,11-12H2,1-3H3,(H,35,44)(H,42,43)/t18?,19?,20-,21-,22+,23+,24?,25?,27-,28+/m1/s1. The Labute approximate surface area is 272 Å². The van der Waals surface area contributed by atoms with E-state index in [0.717, 1.165) is 12.1 Å². The van der Waals surface area contributed by atoms with Crippen LogP contribution in [0.4, 0.5) is 13.2 Å². The van der Waals surface area contributed by atoms with Gasteiger partial charge in [-0.1, -0.05) is 39.0 Å². The molecule has 0 aromatic heterocycles. The number of halogens is 3. The fourth-order valence-electron chi connectivity index (χ4n) is 5.07. The first-order valence-corrected chi connectivity index (χ1v) is 14.8. The van der Waals surface area contributed by atoms with E-state index in [1.807, 2.05) is 0 Å². The Morgan fingerprint density at radius 3 is 1.96 bits per heavy atom. The molecule has 4 rings (SSSR count). The maximum atomic E-state index is 14.3. The normalized spacial score (nSPS) is 31.2. The van der Waals surface area contributed by atoms with Gasteiger partial charge in [-0.3, -0.25) is 4.79 Å². The van der Waals surface area contributed by atoms with E-state index < -0.39 is 103 Å². The third-order valence-electron chi connectivity index (χ3n) is 7.92. The van der Waals surface area contributed by atoms with Gasteiger partial charge in [0.1, 0.15) is 48.5 Å². The molecule has 2 heterocycles. The Hall–Kier alpha value is -3.39. The summed E-state index contributed by atoms with van der Waals surface area (Å²) >= 11 is 0. The Bertz CT molecular complexity index is 1430. The monoisotopic (exact) mass is 689 g/mol. The van der Waals surface area contributed by atoms with Gasteiger partial charge in [-0.05, 0) is 35.4 Å². The molecule has 2 fully saturated rings. The number of nitrogens with one attached hydrogen (secondary N) is 1. The van der Waals surface area contributed by atoms with Crippen LogP contribution < -0.4 is 10.1 Å². The Morgan fingerprint density at radius 1 is 0.812 bits per heavy atom. The van der Waals surface area contributed by atoms with Crippen LogP contribution in [0.5, 0.6) is 5.75 Å².